The van der Waals surface area contributed by atoms with Gasteiger partial charge in [-0.15, -0.1) is 0 Å². The van der Waals surface area contributed by atoms with Crippen LogP contribution in [0.15, 0.2) is 82.8 Å². The highest BCUT2D eigenvalue weighted by Crippen LogP contribution is 2.30. The Kier molecular flexibility index (Phi) is 15.1. The van der Waals surface area contributed by atoms with E-state index in [1.54, 1.807) is 62.1 Å². The van der Waals surface area contributed by atoms with Crippen molar-refractivity contribution >= 4 is 29.5 Å². The third-order valence-electron chi connectivity index (χ3n) is 10.4. The van der Waals surface area contributed by atoms with Gasteiger partial charge in [0.1, 0.15) is 11.9 Å². The van der Waals surface area contributed by atoms with Crippen molar-refractivity contribution in [3.63, 3.8) is 0 Å². The van der Waals surface area contributed by atoms with Gasteiger partial charge in [-0.3, -0.25) is 19.2 Å². The Balaban J connectivity index is 1.60. The molecule has 2 bridgehead atoms. The molecule has 0 aromatic heterocycles. The number of rotatable bonds is 7. The first kappa shape index (κ1) is 42.7. The van der Waals surface area contributed by atoms with Crippen LogP contribution < -0.4 is 16.4 Å². The predicted octanol–water partition coefficient (Wildman–Crippen LogP) is 3.61. The van der Waals surface area contributed by atoms with Crippen molar-refractivity contribution in [2.75, 3.05) is 33.9 Å². The molecule has 0 radical (unpaired) electrons. The van der Waals surface area contributed by atoms with Crippen molar-refractivity contribution in [3.05, 3.63) is 88.3 Å². The molecule has 3 amide bonds. The summed E-state index contributed by atoms with van der Waals surface area (Å²) in [5.41, 5.74) is 6.63. The van der Waals surface area contributed by atoms with Gasteiger partial charge in [0.25, 0.3) is 11.8 Å². The first-order valence-corrected chi connectivity index (χ1v) is 18.5. The molecular weight excluding hydrogens is 708 g/mol. The summed E-state index contributed by atoms with van der Waals surface area (Å²) in [5, 5.41) is 27.4. The fourth-order valence-electron chi connectivity index (χ4n) is 7.19. The Labute approximate surface area is 322 Å². The van der Waals surface area contributed by atoms with Crippen LogP contribution in [0.5, 0.6) is 5.75 Å². The summed E-state index contributed by atoms with van der Waals surface area (Å²) in [4.78, 5) is 67.6. The number of phenols is 1. The van der Waals surface area contributed by atoms with E-state index in [9.17, 15) is 34.2 Å². The molecule has 1 aromatic carbocycles. The number of aliphatic hydroxyl groups excluding tert-OH is 1. The van der Waals surface area contributed by atoms with E-state index in [1.807, 2.05) is 6.92 Å². The van der Waals surface area contributed by atoms with Crippen LogP contribution in [0, 0.1) is 17.8 Å². The molecule has 55 heavy (non-hydrogen) atoms. The van der Waals surface area contributed by atoms with Crippen LogP contribution in [0.1, 0.15) is 63.7 Å². The summed E-state index contributed by atoms with van der Waals surface area (Å²) < 4.78 is 16.7. The predicted molar refractivity (Wildman–Crippen MR) is 204 cm³/mol. The van der Waals surface area contributed by atoms with Crippen molar-refractivity contribution in [2.24, 2.45) is 23.5 Å². The van der Waals surface area contributed by atoms with Gasteiger partial charge in [0.15, 0.2) is 6.10 Å². The molecule has 1 fully saturated rings. The largest absolute Gasteiger partial charge is 0.507 e. The number of para-hydroxylation sites is 1. The molecule has 4 rings (SSSR count). The number of nitrogens with one attached hydrogen (secondary N) is 2. The Morgan fingerprint density at radius 1 is 1.05 bits per heavy atom. The molecular formula is C41H54N4O10. The van der Waals surface area contributed by atoms with Gasteiger partial charge < -0.3 is 45.7 Å². The van der Waals surface area contributed by atoms with E-state index in [1.165, 1.54) is 26.4 Å². The molecule has 14 heteroatoms. The third kappa shape index (κ3) is 11.0. The molecule has 1 aromatic rings. The van der Waals surface area contributed by atoms with E-state index in [-0.39, 0.29) is 58.0 Å². The van der Waals surface area contributed by atoms with E-state index >= 15 is 0 Å². The molecule has 6 atom stereocenters. The molecule has 0 unspecified atom stereocenters. The van der Waals surface area contributed by atoms with E-state index in [4.69, 9.17) is 19.9 Å². The van der Waals surface area contributed by atoms with E-state index in [0.29, 0.717) is 44.5 Å². The number of hydrogen-bond acceptors (Lipinski definition) is 11. The lowest BCUT2D eigenvalue weighted by Crippen LogP contribution is -2.42. The van der Waals surface area contributed by atoms with Crippen molar-refractivity contribution in [2.45, 2.75) is 77.8 Å². The Morgan fingerprint density at radius 3 is 2.38 bits per heavy atom. The zero-order valence-corrected chi connectivity index (χ0v) is 32.4. The summed E-state index contributed by atoms with van der Waals surface area (Å²) >= 11 is 0. The average Bonchev–Trinajstić information content (AvgIpc) is 3.15. The number of hydrogen-bond donors (Lipinski definition) is 5. The summed E-state index contributed by atoms with van der Waals surface area (Å²) in [5.74, 6) is -2.53. The Bertz CT molecular complexity index is 1770. The van der Waals surface area contributed by atoms with Crippen LogP contribution in [0.25, 0.3) is 0 Å². The number of aliphatic hydroxyl groups is 1. The minimum atomic E-state index is -1.01. The van der Waals surface area contributed by atoms with Gasteiger partial charge in [0.05, 0.1) is 29.2 Å². The molecule has 298 valence electrons. The van der Waals surface area contributed by atoms with Crippen LogP contribution in [0.4, 0.5) is 4.79 Å². The normalized spacial score (nSPS) is 29.0. The second-order valence-electron chi connectivity index (χ2n) is 14.6. The zero-order valence-electron chi connectivity index (χ0n) is 32.4. The number of ether oxygens (including phenoxy) is 3. The number of carbonyl (C=O) groups is 5. The highest BCUT2D eigenvalue weighted by molar-refractivity contribution is 6.23. The van der Waals surface area contributed by atoms with Crippen LogP contribution >= 0.6 is 0 Å². The van der Waals surface area contributed by atoms with Crippen LogP contribution in [0.2, 0.25) is 0 Å². The first-order chi connectivity index (χ1) is 26.1. The summed E-state index contributed by atoms with van der Waals surface area (Å²) in [6.07, 6.45) is 4.81. The molecule has 0 saturated carbocycles. The maximum Gasteiger partial charge on any atom is 0.405 e. The number of aromatic hydroxyl groups is 1. The van der Waals surface area contributed by atoms with E-state index < -0.39 is 53.9 Å². The van der Waals surface area contributed by atoms with Crippen LogP contribution in [-0.4, -0.2) is 103 Å². The van der Waals surface area contributed by atoms with Crippen molar-refractivity contribution in [1.29, 1.82) is 0 Å². The Morgan fingerprint density at radius 2 is 1.75 bits per heavy atom. The number of ketones is 2. The number of benzene rings is 1. The molecule has 2 aliphatic heterocycles. The van der Waals surface area contributed by atoms with Gasteiger partial charge in [-0.05, 0) is 69.1 Å². The number of nitrogens with two attached hydrogens (primary N) is 1. The lowest BCUT2D eigenvalue weighted by atomic mass is 9.85. The molecule has 2 heterocycles. The molecule has 14 nitrogen and oxygen atoms in total. The molecule has 1 saturated heterocycles. The number of carbonyl (C=O) groups excluding carboxylic acids is 5. The standard InChI is InChI=1S/C41H54N4O10/c1-23-18-29-35(43-22-27-14-16-45(17-15-27)40(51)28-11-7-8-12-31(28)46)32(47)21-30(37(29)49)44-39(50)24(2)10-9-13-33(53-5)38(55-41(42)52)26(4)20-25(3)36(48)34(19-23)54-6/h7-13,20-21,23,25,27,33-34,36,38,43,46,48H,14-19,22H2,1-6H3,(H2,42,52)(H,44,50)/b13-9-,24-10+,26-20+/t23-,25+,33+,34+,36-,38+/m1/s1. The number of Topliss-reactive ketones (excluding diaryl/α,β-unsaturated/α-hetero) is 1. The van der Waals surface area contributed by atoms with E-state index in [0.717, 1.165) is 6.08 Å². The number of fused-ring (bicyclic) bond motifs is 2. The lowest BCUT2D eigenvalue weighted by molar-refractivity contribution is -0.120. The first-order valence-electron chi connectivity index (χ1n) is 18.5. The Hall–Kier alpha value is -5.05. The number of likely N-dealkylation sites (tertiary alicyclic amines) is 1. The molecule has 6 N–H and O–H groups in total. The fourth-order valence-corrected chi connectivity index (χ4v) is 7.19. The zero-order chi connectivity index (χ0) is 40.4. The quantitative estimate of drug-likeness (QED) is 0.200. The molecule has 0 spiro atoms. The number of piperidine rings is 1. The number of methoxy groups -OCH3 is 2. The van der Waals surface area contributed by atoms with Crippen molar-refractivity contribution in [3.8, 4) is 5.75 Å². The number of phenolic OH excluding ortho intramolecular Hbond substituents is 1. The number of primary amides is 1. The molecule has 1 aliphatic carbocycles. The number of amides is 3. The highest BCUT2D eigenvalue weighted by atomic mass is 16.6. The monoisotopic (exact) mass is 762 g/mol. The fraction of sp³-hybridized carbons (Fsp3) is 0.488. The summed E-state index contributed by atoms with van der Waals surface area (Å²) in [6.45, 7) is 8.27. The summed E-state index contributed by atoms with van der Waals surface area (Å²) in [7, 11) is 2.91. The minimum absolute atomic E-state index is 0.0694. The maximum atomic E-state index is 14.1. The minimum Gasteiger partial charge on any atom is -0.507 e. The number of nitrogens with zero attached hydrogens (tertiary/aromatic N) is 1. The van der Waals surface area contributed by atoms with Crippen molar-refractivity contribution in [1.82, 2.24) is 15.5 Å². The molecule has 3 aliphatic rings. The SMILES string of the molecule is CO[C@H]1/C=C\C=C(/C)C(=O)NC2=CC(=O)C(NCC3CCN(C(=O)c4ccccc4O)CC3)=C(C[C@@H](C)C[C@H](OC)[C@H](O)[C@@H](C)/C=C(\C)[C@@H]1OC(N)=O)C2=O. The summed E-state index contributed by atoms with van der Waals surface area (Å²) in [6, 6.07) is 6.43. The van der Waals surface area contributed by atoms with Gasteiger partial charge in [-0.2, -0.15) is 0 Å². The van der Waals surface area contributed by atoms with Crippen molar-refractivity contribution < 1.29 is 48.4 Å². The van der Waals surface area contributed by atoms with E-state index in [2.05, 4.69) is 10.6 Å². The second-order valence-corrected chi connectivity index (χ2v) is 14.6. The topological polar surface area (TPSA) is 207 Å². The average molecular weight is 763 g/mol. The van der Waals surface area contributed by atoms with Crippen LogP contribution in [0.3, 0.4) is 0 Å². The third-order valence-corrected chi connectivity index (χ3v) is 10.4. The van der Waals surface area contributed by atoms with Crippen LogP contribution in [-0.2, 0) is 28.6 Å². The highest BCUT2D eigenvalue weighted by Gasteiger charge is 2.34. The van der Waals surface area contributed by atoms with Gasteiger partial charge in [-0.1, -0.05) is 50.3 Å². The second kappa shape index (κ2) is 19.5. The smallest absolute Gasteiger partial charge is 0.405 e. The van der Waals surface area contributed by atoms with Gasteiger partial charge in [0, 0.05) is 57.0 Å². The maximum absolute atomic E-state index is 14.1. The lowest BCUT2D eigenvalue weighted by Gasteiger charge is -2.33. The van der Waals surface area contributed by atoms with Gasteiger partial charge >= 0.3 is 6.09 Å². The number of allylic oxidation sites excluding steroid dienone is 4. The van der Waals surface area contributed by atoms with Gasteiger partial charge in [-0.25, -0.2) is 4.79 Å². The van der Waals surface area contributed by atoms with Gasteiger partial charge in [0.2, 0.25) is 11.6 Å².